The number of halogens is 4. The number of aromatic carboxylic acids is 1. The van der Waals surface area contributed by atoms with Crippen molar-refractivity contribution in [2.24, 2.45) is 0 Å². The fourth-order valence-electron chi connectivity index (χ4n) is 0.728. The van der Waals surface area contributed by atoms with Gasteiger partial charge in [0.1, 0.15) is 0 Å². The van der Waals surface area contributed by atoms with Crippen LogP contribution in [0, 0.1) is 11.6 Å². The highest BCUT2D eigenvalue weighted by Gasteiger charge is 2.19. The van der Waals surface area contributed by atoms with E-state index in [1.54, 1.807) is 0 Å². The Balaban J connectivity index is 3.50. The Morgan fingerprint density at radius 1 is 1.46 bits per heavy atom. The molecule has 0 fully saturated rings. The van der Waals surface area contributed by atoms with Crippen molar-refractivity contribution >= 4 is 33.5 Å². The van der Waals surface area contributed by atoms with E-state index in [0.29, 0.717) is 0 Å². The standard InChI is InChI=1S/C7H2BrClF2O2/c8-4-5(10)2(7(12)13)1-3(9)6(4)11/h1H,(H,12,13). The molecule has 0 atom stereocenters. The van der Waals surface area contributed by atoms with Crippen molar-refractivity contribution in [1.82, 2.24) is 0 Å². The predicted octanol–water partition coefficient (Wildman–Crippen LogP) is 3.08. The molecule has 0 radical (unpaired) electrons. The van der Waals surface area contributed by atoms with E-state index in [4.69, 9.17) is 16.7 Å². The number of benzene rings is 1. The van der Waals surface area contributed by atoms with Crippen LogP contribution in [0.15, 0.2) is 10.5 Å². The molecule has 0 aromatic heterocycles. The van der Waals surface area contributed by atoms with Crippen LogP contribution in [0.25, 0.3) is 0 Å². The van der Waals surface area contributed by atoms with Crippen molar-refractivity contribution in [2.45, 2.75) is 0 Å². The minimum absolute atomic E-state index is 0.439. The lowest BCUT2D eigenvalue weighted by molar-refractivity contribution is 0.0691. The summed E-state index contributed by atoms with van der Waals surface area (Å²) >= 11 is 7.85. The molecule has 0 aliphatic carbocycles. The molecule has 0 aliphatic rings. The molecule has 0 bridgehead atoms. The number of carbonyl (C=O) groups is 1. The topological polar surface area (TPSA) is 37.3 Å². The third-order valence-corrected chi connectivity index (χ3v) is 2.30. The van der Waals surface area contributed by atoms with Gasteiger partial charge in [0.2, 0.25) is 0 Å². The summed E-state index contributed by atoms with van der Waals surface area (Å²) in [6, 6.07) is 0.722. The summed E-state index contributed by atoms with van der Waals surface area (Å²) in [6.45, 7) is 0. The molecular weight excluding hydrogens is 269 g/mol. The highest BCUT2D eigenvalue weighted by Crippen LogP contribution is 2.28. The predicted molar refractivity (Wildman–Crippen MR) is 46.0 cm³/mol. The van der Waals surface area contributed by atoms with E-state index in [1.165, 1.54) is 0 Å². The van der Waals surface area contributed by atoms with Crippen LogP contribution in [0.1, 0.15) is 10.4 Å². The van der Waals surface area contributed by atoms with Crippen molar-refractivity contribution in [2.75, 3.05) is 0 Å². The first-order valence-corrected chi connectivity index (χ1v) is 4.18. The molecule has 0 saturated heterocycles. The summed E-state index contributed by atoms with van der Waals surface area (Å²) in [7, 11) is 0. The molecule has 2 nitrogen and oxygen atoms in total. The zero-order valence-corrected chi connectivity index (χ0v) is 8.29. The normalized spacial score (nSPS) is 10.2. The number of hydrogen-bond donors (Lipinski definition) is 1. The molecule has 0 aliphatic heterocycles. The van der Waals surface area contributed by atoms with Crippen LogP contribution in [-0.2, 0) is 0 Å². The summed E-state index contributed by atoms with van der Waals surface area (Å²) in [6.07, 6.45) is 0. The summed E-state index contributed by atoms with van der Waals surface area (Å²) in [5.74, 6) is -3.68. The molecule has 1 N–H and O–H groups in total. The fraction of sp³-hybridized carbons (Fsp3) is 0. The van der Waals surface area contributed by atoms with Gasteiger partial charge in [0.15, 0.2) is 11.6 Å². The van der Waals surface area contributed by atoms with Gasteiger partial charge in [-0.1, -0.05) is 11.6 Å². The molecule has 6 heteroatoms. The SMILES string of the molecule is O=C(O)c1cc(Cl)c(F)c(Br)c1F. The molecule has 0 amide bonds. The zero-order valence-electron chi connectivity index (χ0n) is 5.94. The third kappa shape index (κ3) is 1.81. The largest absolute Gasteiger partial charge is 0.478 e. The quantitative estimate of drug-likeness (QED) is 0.629. The Morgan fingerprint density at radius 3 is 2.46 bits per heavy atom. The lowest BCUT2D eigenvalue weighted by atomic mass is 10.2. The minimum atomic E-state index is -1.50. The molecular formula is C7H2BrClF2O2. The Labute approximate surface area is 85.3 Å². The van der Waals surface area contributed by atoms with Crippen LogP contribution < -0.4 is 0 Å². The molecule has 0 saturated carbocycles. The average Bonchev–Trinajstić information content (AvgIpc) is 2.07. The molecule has 1 rings (SSSR count). The van der Waals surface area contributed by atoms with E-state index in [2.05, 4.69) is 15.9 Å². The maximum atomic E-state index is 13.0. The van der Waals surface area contributed by atoms with Crippen molar-refractivity contribution in [3.05, 3.63) is 32.8 Å². The van der Waals surface area contributed by atoms with Crippen molar-refractivity contribution < 1.29 is 18.7 Å². The van der Waals surface area contributed by atoms with Gasteiger partial charge in [-0.3, -0.25) is 0 Å². The van der Waals surface area contributed by atoms with Crippen LogP contribution in [-0.4, -0.2) is 11.1 Å². The number of carboxylic acids is 1. The van der Waals surface area contributed by atoms with E-state index in [0.717, 1.165) is 6.07 Å². The van der Waals surface area contributed by atoms with Gasteiger partial charge in [-0.15, -0.1) is 0 Å². The fourth-order valence-corrected chi connectivity index (χ4v) is 1.47. The maximum absolute atomic E-state index is 13.0. The van der Waals surface area contributed by atoms with Crippen molar-refractivity contribution in [3.8, 4) is 0 Å². The van der Waals surface area contributed by atoms with E-state index >= 15 is 0 Å². The van der Waals surface area contributed by atoms with E-state index in [9.17, 15) is 13.6 Å². The zero-order chi connectivity index (χ0) is 10.2. The van der Waals surface area contributed by atoms with E-state index in [1.807, 2.05) is 0 Å². The Morgan fingerprint density at radius 2 is 2.00 bits per heavy atom. The van der Waals surface area contributed by atoms with Crippen LogP contribution in [0.2, 0.25) is 5.02 Å². The number of hydrogen-bond acceptors (Lipinski definition) is 1. The van der Waals surface area contributed by atoms with Crippen LogP contribution in [0.4, 0.5) is 8.78 Å². The summed E-state index contributed by atoms with van der Waals surface area (Å²) in [5, 5.41) is 8.02. The lowest BCUT2D eigenvalue weighted by Crippen LogP contribution is -2.02. The maximum Gasteiger partial charge on any atom is 0.338 e. The Hall–Kier alpha value is -0.680. The van der Waals surface area contributed by atoms with Crippen LogP contribution in [0.3, 0.4) is 0 Å². The Bertz CT molecular complexity index is 381. The molecule has 0 heterocycles. The Kier molecular flexibility index (Phi) is 2.87. The summed E-state index contributed by atoms with van der Waals surface area (Å²) in [4.78, 5) is 10.4. The minimum Gasteiger partial charge on any atom is -0.478 e. The van der Waals surface area contributed by atoms with Gasteiger partial charge in [0.25, 0.3) is 0 Å². The van der Waals surface area contributed by atoms with Gasteiger partial charge in [-0.2, -0.15) is 0 Å². The molecule has 1 aromatic rings. The highest BCUT2D eigenvalue weighted by atomic mass is 79.9. The van der Waals surface area contributed by atoms with Crippen molar-refractivity contribution in [1.29, 1.82) is 0 Å². The van der Waals surface area contributed by atoms with Crippen LogP contribution in [0.5, 0.6) is 0 Å². The first kappa shape index (κ1) is 10.4. The summed E-state index contributed by atoms with van der Waals surface area (Å²) in [5.41, 5.74) is -0.668. The van der Waals surface area contributed by atoms with Crippen LogP contribution >= 0.6 is 27.5 Å². The monoisotopic (exact) mass is 270 g/mol. The van der Waals surface area contributed by atoms with Gasteiger partial charge >= 0.3 is 5.97 Å². The van der Waals surface area contributed by atoms with E-state index in [-0.39, 0.29) is 0 Å². The highest BCUT2D eigenvalue weighted by molar-refractivity contribution is 9.10. The smallest absolute Gasteiger partial charge is 0.338 e. The molecule has 1 aromatic carbocycles. The molecule has 0 spiro atoms. The van der Waals surface area contributed by atoms with Gasteiger partial charge < -0.3 is 5.11 Å². The summed E-state index contributed by atoms with van der Waals surface area (Å²) < 4.78 is 25.2. The molecule has 70 valence electrons. The van der Waals surface area contributed by atoms with Gasteiger partial charge in [-0.05, 0) is 22.0 Å². The second kappa shape index (κ2) is 3.59. The first-order chi connectivity index (χ1) is 5.95. The first-order valence-electron chi connectivity index (χ1n) is 3.01. The number of carboxylic acid groups (broad SMARTS) is 1. The van der Waals surface area contributed by atoms with Gasteiger partial charge in [-0.25, -0.2) is 13.6 Å². The number of rotatable bonds is 1. The average molecular weight is 271 g/mol. The molecule has 0 unspecified atom stereocenters. The second-order valence-corrected chi connectivity index (χ2v) is 3.35. The van der Waals surface area contributed by atoms with Gasteiger partial charge in [0.05, 0.1) is 15.1 Å². The van der Waals surface area contributed by atoms with E-state index < -0.39 is 32.7 Å². The van der Waals surface area contributed by atoms with Gasteiger partial charge in [0, 0.05) is 0 Å². The van der Waals surface area contributed by atoms with Crippen molar-refractivity contribution in [3.63, 3.8) is 0 Å². The third-order valence-electron chi connectivity index (χ3n) is 1.33. The lowest BCUT2D eigenvalue weighted by Gasteiger charge is -2.02. The molecule has 13 heavy (non-hydrogen) atoms. The second-order valence-electron chi connectivity index (χ2n) is 2.15.